The van der Waals surface area contributed by atoms with E-state index in [0.29, 0.717) is 43.5 Å². The Morgan fingerprint density at radius 3 is 1.11 bits per heavy atom. The second kappa shape index (κ2) is 22.2. The molecule has 0 saturated heterocycles. The summed E-state index contributed by atoms with van der Waals surface area (Å²) in [5.41, 5.74) is 0.884. The van der Waals surface area contributed by atoms with Crippen molar-refractivity contribution in [1.82, 2.24) is 0 Å². The SMILES string of the molecule is CCOC(=O)COc1ccc(C([S-])C(=S)c2ccc(C(F)(F)F)cc2)cc1.CCOC(=O)COc1ccc(C([S-])C(=S)c2ccc(C(F)(F)F)cc2)cc1.[Ni+2]. The van der Waals surface area contributed by atoms with Gasteiger partial charge in [0.15, 0.2) is 13.2 Å². The maximum absolute atomic E-state index is 12.6. The Kier molecular flexibility index (Phi) is 19.2. The molecule has 0 heterocycles. The average Bonchev–Trinajstić information content (AvgIpc) is 3.15. The number of hydrogen-bond acceptors (Lipinski definition) is 10. The summed E-state index contributed by atoms with van der Waals surface area (Å²) >= 11 is 21.5. The van der Waals surface area contributed by atoms with Crippen molar-refractivity contribution in [1.29, 1.82) is 0 Å². The molecular formula is C38H32F6NiO6S4. The Morgan fingerprint density at radius 1 is 0.564 bits per heavy atom. The summed E-state index contributed by atoms with van der Waals surface area (Å²) in [6.45, 7) is 3.56. The van der Waals surface area contributed by atoms with E-state index in [-0.39, 0.29) is 42.9 Å². The third-order valence-electron chi connectivity index (χ3n) is 7.16. The van der Waals surface area contributed by atoms with Gasteiger partial charge in [0.05, 0.1) is 24.3 Å². The molecule has 0 spiro atoms. The molecule has 0 aromatic heterocycles. The van der Waals surface area contributed by atoms with E-state index in [2.05, 4.69) is 0 Å². The minimum absolute atomic E-state index is 0. The topological polar surface area (TPSA) is 71.1 Å². The number of hydrogen-bond donors (Lipinski definition) is 0. The zero-order chi connectivity index (χ0) is 40.1. The van der Waals surface area contributed by atoms with Crippen LogP contribution in [0.15, 0.2) is 97.1 Å². The molecule has 4 aromatic rings. The van der Waals surface area contributed by atoms with Crippen LogP contribution in [0.4, 0.5) is 26.3 Å². The number of carbonyl (C=O) groups excluding carboxylic acids is 2. The molecule has 0 aliphatic heterocycles. The maximum atomic E-state index is 12.6. The average molecular weight is 886 g/mol. The van der Waals surface area contributed by atoms with Crippen LogP contribution in [0.3, 0.4) is 0 Å². The number of rotatable bonds is 14. The Morgan fingerprint density at radius 2 is 0.855 bits per heavy atom. The van der Waals surface area contributed by atoms with E-state index in [4.69, 9.17) is 68.6 Å². The fourth-order valence-electron chi connectivity index (χ4n) is 4.42. The van der Waals surface area contributed by atoms with Crippen molar-refractivity contribution in [2.24, 2.45) is 0 Å². The summed E-state index contributed by atoms with van der Waals surface area (Å²) in [7, 11) is 0. The fraction of sp³-hybridized carbons (Fsp3) is 0.263. The van der Waals surface area contributed by atoms with Gasteiger partial charge in [0.25, 0.3) is 0 Å². The van der Waals surface area contributed by atoms with Crippen molar-refractivity contribution in [3.8, 4) is 11.5 Å². The molecule has 4 rings (SSSR count). The van der Waals surface area contributed by atoms with Gasteiger partial charge in [-0.3, -0.25) is 0 Å². The van der Waals surface area contributed by atoms with E-state index in [1.54, 1.807) is 62.4 Å². The van der Waals surface area contributed by atoms with Crippen LogP contribution in [-0.2, 0) is 73.2 Å². The zero-order valence-electron chi connectivity index (χ0n) is 28.9. The number of ether oxygens (including phenoxy) is 4. The molecule has 0 aliphatic carbocycles. The van der Waals surface area contributed by atoms with E-state index in [1.807, 2.05) is 0 Å². The molecule has 0 fully saturated rings. The molecule has 296 valence electrons. The van der Waals surface area contributed by atoms with Crippen LogP contribution in [0.2, 0.25) is 0 Å². The van der Waals surface area contributed by atoms with Crippen molar-refractivity contribution in [2.45, 2.75) is 36.7 Å². The zero-order valence-corrected chi connectivity index (χ0v) is 33.1. The predicted octanol–water partition coefficient (Wildman–Crippen LogP) is 9.30. The monoisotopic (exact) mass is 884 g/mol. The molecule has 0 amide bonds. The van der Waals surface area contributed by atoms with Crippen LogP contribution >= 0.6 is 24.4 Å². The molecule has 0 bridgehead atoms. The van der Waals surface area contributed by atoms with Crippen LogP contribution in [0.1, 0.15) is 57.7 Å². The van der Waals surface area contributed by atoms with Crippen LogP contribution in [0.5, 0.6) is 11.5 Å². The number of esters is 2. The van der Waals surface area contributed by atoms with Crippen LogP contribution < -0.4 is 9.47 Å². The molecule has 6 nitrogen and oxygen atoms in total. The van der Waals surface area contributed by atoms with Gasteiger partial charge in [0.1, 0.15) is 11.5 Å². The molecule has 2 unspecified atom stereocenters. The molecule has 0 aliphatic rings. The number of carbonyl (C=O) groups is 2. The number of halogens is 6. The Bertz CT molecular complexity index is 1720. The van der Waals surface area contributed by atoms with Crippen LogP contribution in [-0.4, -0.2) is 48.1 Å². The smallest absolute Gasteiger partial charge is 0.779 e. The largest absolute Gasteiger partial charge is 2.00 e. The summed E-state index contributed by atoms with van der Waals surface area (Å²) in [6.07, 6.45) is -8.79. The van der Waals surface area contributed by atoms with Crippen molar-refractivity contribution in [3.05, 3.63) is 130 Å². The molecule has 0 N–H and O–H groups in total. The van der Waals surface area contributed by atoms with Crippen molar-refractivity contribution >= 4 is 71.4 Å². The predicted molar refractivity (Wildman–Crippen MR) is 204 cm³/mol. The van der Waals surface area contributed by atoms with E-state index in [0.717, 1.165) is 24.3 Å². The number of alkyl halides is 6. The maximum Gasteiger partial charge on any atom is 2.00 e. The molecule has 17 heteroatoms. The summed E-state index contributed by atoms with van der Waals surface area (Å²) in [6, 6.07) is 22.6. The molecule has 4 aromatic carbocycles. The van der Waals surface area contributed by atoms with Gasteiger partial charge in [0.2, 0.25) is 0 Å². The quantitative estimate of drug-likeness (QED) is 0.0306. The van der Waals surface area contributed by atoms with E-state index in [1.165, 1.54) is 24.3 Å². The van der Waals surface area contributed by atoms with Gasteiger partial charge < -0.3 is 44.2 Å². The van der Waals surface area contributed by atoms with Gasteiger partial charge in [-0.25, -0.2) is 9.59 Å². The first-order chi connectivity index (χ1) is 25.4. The third kappa shape index (κ3) is 15.1. The van der Waals surface area contributed by atoms with E-state index < -0.39 is 45.9 Å². The second-order valence-corrected chi connectivity index (χ2v) is 12.8. The van der Waals surface area contributed by atoms with Gasteiger partial charge >= 0.3 is 40.8 Å². The normalized spacial score (nSPS) is 12.1. The van der Waals surface area contributed by atoms with E-state index >= 15 is 0 Å². The van der Waals surface area contributed by atoms with Gasteiger partial charge in [0, 0.05) is 9.73 Å². The summed E-state index contributed by atoms with van der Waals surface area (Å²) in [4.78, 5) is 23.3. The Balaban J connectivity index is 0.000000373. The molecule has 0 saturated carbocycles. The first-order valence-electron chi connectivity index (χ1n) is 16.0. The first kappa shape index (κ1) is 47.5. The van der Waals surface area contributed by atoms with Gasteiger partial charge in [-0.2, -0.15) is 26.3 Å². The molecule has 2 atom stereocenters. The van der Waals surface area contributed by atoms with Crippen LogP contribution in [0, 0.1) is 0 Å². The summed E-state index contributed by atoms with van der Waals surface area (Å²) < 4.78 is 96.0. The van der Waals surface area contributed by atoms with Gasteiger partial charge in [-0.15, -0.1) is 10.5 Å². The third-order valence-corrected chi connectivity index (χ3v) is 9.42. The van der Waals surface area contributed by atoms with Gasteiger partial charge in [-0.1, -0.05) is 84.1 Å². The molecular weight excluding hydrogens is 853 g/mol. The Hall–Kier alpha value is -3.63. The van der Waals surface area contributed by atoms with Crippen molar-refractivity contribution < 1.29 is 71.4 Å². The van der Waals surface area contributed by atoms with E-state index in [9.17, 15) is 35.9 Å². The van der Waals surface area contributed by atoms with Crippen molar-refractivity contribution in [2.75, 3.05) is 26.4 Å². The fourth-order valence-corrected chi connectivity index (χ4v) is 5.55. The first-order valence-corrected chi connectivity index (χ1v) is 17.7. The minimum Gasteiger partial charge on any atom is -0.779 e. The second-order valence-electron chi connectivity index (χ2n) is 11.0. The molecule has 55 heavy (non-hydrogen) atoms. The summed E-state index contributed by atoms with van der Waals surface area (Å²) in [5.74, 6) is 0.00121. The summed E-state index contributed by atoms with van der Waals surface area (Å²) in [5, 5.41) is -1.17. The molecule has 0 radical (unpaired) electrons. The minimum atomic E-state index is -4.40. The van der Waals surface area contributed by atoms with Gasteiger partial charge in [-0.05, 0) is 73.5 Å². The number of benzene rings is 4. The Labute approximate surface area is 346 Å². The van der Waals surface area contributed by atoms with Crippen molar-refractivity contribution in [3.63, 3.8) is 0 Å². The number of thiocarbonyl (C=S) groups is 2. The standard InChI is InChI=1S/2C19H17F3O3S2.Ni/c2*1-2-24-16(23)11-25-15-9-5-13(6-10-15)18(27)17(26)12-3-7-14(8-4-12)19(20,21)22;/h2*3-10,18,27H,2,11H2,1H3;/q;;+2/p-2. The van der Waals surface area contributed by atoms with Crippen LogP contribution in [0.25, 0.3) is 0 Å².